The summed E-state index contributed by atoms with van der Waals surface area (Å²) >= 11 is 0. The van der Waals surface area contributed by atoms with Crippen molar-refractivity contribution >= 4 is 21.6 Å². The van der Waals surface area contributed by atoms with Crippen molar-refractivity contribution in [3.05, 3.63) is 65.5 Å². The van der Waals surface area contributed by atoms with Gasteiger partial charge in [0.1, 0.15) is 5.82 Å². The van der Waals surface area contributed by atoms with E-state index in [1.165, 1.54) is 24.3 Å². The molecular weight excluding hydrogens is 343 g/mol. The molecule has 5 nitrogen and oxygen atoms in total. The number of benzene rings is 2. The normalized spacial score (nSPS) is 14.1. The van der Waals surface area contributed by atoms with Gasteiger partial charge in [-0.15, -0.1) is 0 Å². The van der Waals surface area contributed by atoms with Gasteiger partial charge in [0.05, 0.1) is 12.2 Å². The molecular formula is C18H19FN2O3S. The van der Waals surface area contributed by atoms with Crippen molar-refractivity contribution < 1.29 is 17.6 Å². The Kier molecular flexibility index (Phi) is 5.03. The molecule has 3 rings (SSSR count). The van der Waals surface area contributed by atoms with E-state index in [0.717, 1.165) is 18.4 Å². The molecule has 0 atom stereocenters. The Morgan fingerprint density at radius 3 is 2.20 bits per heavy atom. The van der Waals surface area contributed by atoms with E-state index in [1.54, 1.807) is 24.3 Å². The molecule has 0 aliphatic heterocycles. The van der Waals surface area contributed by atoms with Crippen LogP contribution in [0.25, 0.3) is 0 Å². The smallest absolute Gasteiger partial charge is 0.236 e. The van der Waals surface area contributed by atoms with Gasteiger partial charge < -0.3 is 5.32 Å². The molecule has 0 saturated heterocycles. The first-order valence-electron chi connectivity index (χ1n) is 8.03. The van der Waals surface area contributed by atoms with Gasteiger partial charge in [-0.2, -0.15) is 0 Å². The maximum atomic E-state index is 12.9. The molecule has 2 aromatic carbocycles. The van der Waals surface area contributed by atoms with E-state index < -0.39 is 15.8 Å². The Morgan fingerprint density at radius 2 is 1.60 bits per heavy atom. The van der Waals surface area contributed by atoms with Crippen molar-refractivity contribution in [1.82, 2.24) is 5.32 Å². The van der Waals surface area contributed by atoms with Crippen LogP contribution in [-0.2, 0) is 27.0 Å². The molecule has 1 saturated carbocycles. The molecule has 0 heterocycles. The summed E-state index contributed by atoms with van der Waals surface area (Å²) in [6.07, 6.45) is 2.36. The lowest BCUT2D eigenvalue weighted by molar-refractivity contribution is -0.120. The Morgan fingerprint density at radius 1 is 1.00 bits per heavy atom. The molecule has 1 aliphatic carbocycles. The van der Waals surface area contributed by atoms with E-state index in [2.05, 4.69) is 10.0 Å². The molecule has 7 heteroatoms. The molecule has 1 aliphatic rings. The number of carbonyl (C=O) groups is 1. The summed E-state index contributed by atoms with van der Waals surface area (Å²) in [7, 11) is -3.60. The number of halogens is 1. The van der Waals surface area contributed by atoms with Gasteiger partial charge in [0.2, 0.25) is 15.9 Å². The lowest BCUT2D eigenvalue weighted by Crippen LogP contribution is -2.26. The quantitative estimate of drug-likeness (QED) is 0.795. The van der Waals surface area contributed by atoms with Gasteiger partial charge in [0.25, 0.3) is 0 Å². The summed E-state index contributed by atoms with van der Waals surface area (Å²) in [5.74, 6) is -0.665. The third-order valence-electron chi connectivity index (χ3n) is 3.80. The molecule has 0 spiro atoms. The average Bonchev–Trinajstić information content (AvgIpc) is 3.35. The lowest BCUT2D eigenvalue weighted by atomic mass is 10.1. The Bertz CT molecular complexity index is 845. The first-order valence-corrected chi connectivity index (χ1v) is 9.68. The third kappa shape index (κ3) is 5.56. The van der Waals surface area contributed by atoms with Gasteiger partial charge >= 0.3 is 0 Å². The highest BCUT2D eigenvalue weighted by molar-refractivity contribution is 7.91. The number of amides is 1. The molecule has 25 heavy (non-hydrogen) atoms. The second-order valence-corrected chi connectivity index (χ2v) is 7.93. The summed E-state index contributed by atoms with van der Waals surface area (Å²) in [5, 5.41) is 2.91. The summed E-state index contributed by atoms with van der Waals surface area (Å²) in [6, 6.07) is 12.4. The Balaban J connectivity index is 1.57. The number of nitrogens with one attached hydrogen (secondary N) is 2. The minimum Gasteiger partial charge on any atom is -0.353 e. The molecule has 0 unspecified atom stereocenters. The summed E-state index contributed by atoms with van der Waals surface area (Å²) in [5.41, 5.74) is 1.75. The van der Waals surface area contributed by atoms with Crippen molar-refractivity contribution in [2.45, 2.75) is 31.1 Å². The summed E-state index contributed by atoms with van der Waals surface area (Å²) < 4.78 is 39.7. The van der Waals surface area contributed by atoms with E-state index >= 15 is 0 Å². The maximum Gasteiger partial charge on any atom is 0.236 e. The van der Waals surface area contributed by atoms with Gasteiger partial charge in [-0.3, -0.25) is 9.52 Å². The second-order valence-electron chi connectivity index (χ2n) is 6.20. The molecule has 1 amide bonds. The fourth-order valence-corrected chi connectivity index (χ4v) is 3.60. The van der Waals surface area contributed by atoms with Crippen LogP contribution in [0.2, 0.25) is 0 Å². The predicted octanol–water partition coefficient (Wildman–Crippen LogP) is 2.59. The summed E-state index contributed by atoms with van der Waals surface area (Å²) in [4.78, 5) is 11.8. The van der Waals surface area contributed by atoms with E-state index in [1.807, 2.05) is 0 Å². The zero-order valence-electron chi connectivity index (χ0n) is 13.5. The molecule has 2 aromatic rings. The van der Waals surface area contributed by atoms with E-state index in [9.17, 15) is 17.6 Å². The zero-order chi connectivity index (χ0) is 17.9. The number of anilines is 1. The predicted molar refractivity (Wildman–Crippen MR) is 94.0 cm³/mol. The van der Waals surface area contributed by atoms with Gasteiger partial charge in [0.15, 0.2) is 0 Å². The third-order valence-corrected chi connectivity index (χ3v) is 5.06. The van der Waals surface area contributed by atoms with E-state index in [-0.39, 0.29) is 18.1 Å². The average molecular weight is 362 g/mol. The molecule has 132 valence electrons. The van der Waals surface area contributed by atoms with Gasteiger partial charge in [-0.1, -0.05) is 24.3 Å². The largest absolute Gasteiger partial charge is 0.353 e. The van der Waals surface area contributed by atoms with E-state index in [4.69, 9.17) is 0 Å². The Labute approximate surface area is 146 Å². The molecule has 1 fully saturated rings. The highest BCUT2D eigenvalue weighted by atomic mass is 32.2. The molecule has 0 bridgehead atoms. The van der Waals surface area contributed by atoms with Crippen LogP contribution >= 0.6 is 0 Å². The number of hydrogen-bond acceptors (Lipinski definition) is 3. The van der Waals surface area contributed by atoms with Crippen LogP contribution < -0.4 is 10.0 Å². The van der Waals surface area contributed by atoms with Crippen LogP contribution in [0.4, 0.5) is 10.1 Å². The lowest BCUT2D eigenvalue weighted by Gasteiger charge is -2.09. The monoisotopic (exact) mass is 362 g/mol. The minimum atomic E-state index is -3.60. The van der Waals surface area contributed by atoms with Crippen molar-refractivity contribution in [2.24, 2.45) is 0 Å². The standard InChI is InChI=1S/C18H19FN2O3S/c19-15-5-1-14(2-6-15)12-25(23,24)21-17-7-3-13(4-8-17)11-18(22)20-16-9-10-16/h1-8,16,21H,9-12H2,(H,20,22). The fourth-order valence-electron chi connectivity index (χ4n) is 2.40. The Hall–Kier alpha value is -2.41. The van der Waals surface area contributed by atoms with Crippen LogP contribution in [0.5, 0.6) is 0 Å². The number of sulfonamides is 1. The van der Waals surface area contributed by atoms with Crippen molar-refractivity contribution in [3.8, 4) is 0 Å². The van der Waals surface area contributed by atoms with Crippen molar-refractivity contribution in [3.63, 3.8) is 0 Å². The fraction of sp³-hybridized carbons (Fsp3) is 0.278. The minimum absolute atomic E-state index is 0.0212. The topological polar surface area (TPSA) is 75.3 Å². The van der Waals surface area contributed by atoms with Crippen LogP contribution in [0.3, 0.4) is 0 Å². The van der Waals surface area contributed by atoms with E-state index in [0.29, 0.717) is 17.3 Å². The van der Waals surface area contributed by atoms with Crippen LogP contribution in [-0.4, -0.2) is 20.4 Å². The first-order chi connectivity index (χ1) is 11.9. The van der Waals surface area contributed by atoms with Gasteiger partial charge in [0, 0.05) is 11.7 Å². The molecule has 2 N–H and O–H groups in total. The SMILES string of the molecule is O=C(Cc1ccc(NS(=O)(=O)Cc2ccc(F)cc2)cc1)NC1CC1. The second kappa shape index (κ2) is 7.23. The number of carbonyl (C=O) groups excluding carboxylic acids is 1. The highest BCUT2D eigenvalue weighted by Crippen LogP contribution is 2.19. The van der Waals surface area contributed by atoms with Crippen molar-refractivity contribution in [1.29, 1.82) is 0 Å². The first kappa shape index (κ1) is 17.4. The van der Waals surface area contributed by atoms with Crippen LogP contribution in [0.1, 0.15) is 24.0 Å². The highest BCUT2D eigenvalue weighted by Gasteiger charge is 2.23. The number of hydrogen-bond donors (Lipinski definition) is 2. The van der Waals surface area contributed by atoms with Crippen LogP contribution in [0.15, 0.2) is 48.5 Å². The summed E-state index contributed by atoms with van der Waals surface area (Å²) in [6.45, 7) is 0. The number of rotatable bonds is 7. The van der Waals surface area contributed by atoms with Gasteiger partial charge in [-0.25, -0.2) is 12.8 Å². The zero-order valence-corrected chi connectivity index (χ0v) is 14.4. The maximum absolute atomic E-state index is 12.9. The molecule has 0 aromatic heterocycles. The molecule has 0 radical (unpaired) electrons. The van der Waals surface area contributed by atoms with Crippen LogP contribution in [0, 0.1) is 5.82 Å². The van der Waals surface area contributed by atoms with Crippen molar-refractivity contribution in [2.75, 3.05) is 4.72 Å². The van der Waals surface area contributed by atoms with Gasteiger partial charge in [-0.05, 0) is 48.2 Å².